The van der Waals surface area contributed by atoms with Crippen LogP contribution in [0.1, 0.15) is 33.1 Å². The Morgan fingerprint density at radius 1 is 1.24 bits per heavy atom. The van der Waals surface area contributed by atoms with Gasteiger partial charge in [0.05, 0.1) is 6.54 Å². The largest absolute Gasteiger partial charge is 0.342 e. The fourth-order valence-corrected chi connectivity index (χ4v) is 2.46. The number of amides is 1. The summed E-state index contributed by atoms with van der Waals surface area (Å²) in [5, 5.41) is 3.41. The average molecular weight is 241 g/mol. The average Bonchev–Trinajstić information content (AvgIpc) is 2.59. The molecular weight excluding hydrogens is 214 g/mol. The van der Waals surface area contributed by atoms with Gasteiger partial charge in [-0.1, -0.05) is 0 Å². The van der Waals surface area contributed by atoms with Crippen molar-refractivity contribution >= 4 is 5.91 Å². The Labute approximate surface area is 105 Å². The van der Waals surface area contributed by atoms with E-state index in [1.165, 1.54) is 12.8 Å². The quantitative estimate of drug-likeness (QED) is 0.778. The van der Waals surface area contributed by atoms with Crippen molar-refractivity contribution in [3.8, 4) is 0 Å². The van der Waals surface area contributed by atoms with E-state index in [4.69, 9.17) is 0 Å². The van der Waals surface area contributed by atoms with E-state index in [2.05, 4.69) is 17.3 Å². The van der Waals surface area contributed by atoms with Crippen molar-refractivity contribution in [3.05, 3.63) is 0 Å². The summed E-state index contributed by atoms with van der Waals surface area (Å²) in [5.41, 5.74) is 0. The smallest absolute Gasteiger partial charge is 0.236 e. The molecule has 1 fully saturated rings. The lowest BCUT2D eigenvalue weighted by Crippen LogP contribution is -2.42. The molecule has 1 heterocycles. The minimum Gasteiger partial charge on any atom is -0.342 e. The van der Waals surface area contributed by atoms with E-state index in [-0.39, 0.29) is 5.91 Å². The predicted molar refractivity (Wildman–Crippen MR) is 71.1 cm³/mol. The molecule has 0 bridgehead atoms. The van der Waals surface area contributed by atoms with E-state index in [1.807, 2.05) is 18.7 Å². The van der Waals surface area contributed by atoms with E-state index in [9.17, 15) is 4.79 Å². The number of likely N-dealkylation sites (N-methyl/N-ethyl adjacent to an activating group) is 2. The van der Waals surface area contributed by atoms with Crippen LogP contribution in [0.5, 0.6) is 0 Å². The first-order chi connectivity index (χ1) is 8.19. The van der Waals surface area contributed by atoms with Crippen molar-refractivity contribution in [2.24, 2.45) is 0 Å². The van der Waals surface area contributed by atoms with E-state index < -0.39 is 0 Å². The van der Waals surface area contributed by atoms with Gasteiger partial charge in [0.15, 0.2) is 0 Å². The van der Waals surface area contributed by atoms with Gasteiger partial charge >= 0.3 is 0 Å². The van der Waals surface area contributed by atoms with Crippen LogP contribution in [0.2, 0.25) is 0 Å². The first kappa shape index (κ1) is 14.5. The van der Waals surface area contributed by atoms with Gasteiger partial charge in [-0.25, -0.2) is 0 Å². The Bertz CT molecular complexity index is 221. The van der Waals surface area contributed by atoms with Gasteiger partial charge in [-0.3, -0.25) is 9.69 Å². The van der Waals surface area contributed by atoms with Gasteiger partial charge in [0.25, 0.3) is 0 Å². The van der Waals surface area contributed by atoms with Crippen molar-refractivity contribution in [2.45, 2.75) is 39.2 Å². The Balaban J connectivity index is 2.40. The van der Waals surface area contributed by atoms with E-state index in [0.717, 1.165) is 32.6 Å². The lowest BCUT2D eigenvalue weighted by atomic mass is 10.1. The Hall–Kier alpha value is -0.610. The summed E-state index contributed by atoms with van der Waals surface area (Å²) in [5.74, 6) is 0.259. The topological polar surface area (TPSA) is 35.6 Å². The summed E-state index contributed by atoms with van der Waals surface area (Å²) in [7, 11) is 2.08. The zero-order valence-electron chi connectivity index (χ0n) is 11.5. The Kier molecular flexibility index (Phi) is 6.52. The second kappa shape index (κ2) is 7.67. The first-order valence-electron chi connectivity index (χ1n) is 6.87. The third kappa shape index (κ3) is 4.64. The van der Waals surface area contributed by atoms with Gasteiger partial charge in [0.1, 0.15) is 0 Å². The molecule has 1 N–H and O–H groups in total. The van der Waals surface area contributed by atoms with Gasteiger partial charge in [0.2, 0.25) is 5.91 Å². The molecule has 1 unspecified atom stereocenters. The highest BCUT2D eigenvalue weighted by atomic mass is 16.2. The Morgan fingerprint density at radius 3 is 2.59 bits per heavy atom. The normalized spacial score (nSPS) is 21.3. The number of nitrogens with zero attached hydrogens (tertiary/aromatic N) is 2. The van der Waals surface area contributed by atoms with E-state index in [1.54, 1.807) is 0 Å². The van der Waals surface area contributed by atoms with Crippen molar-refractivity contribution < 1.29 is 4.79 Å². The predicted octanol–water partition coefficient (Wildman–Crippen LogP) is 0.929. The number of nitrogens with one attached hydrogen (secondary N) is 1. The van der Waals surface area contributed by atoms with Gasteiger partial charge in [0, 0.05) is 19.1 Å². The molecule has 0 aromatic rings. The molecule has 0 aliphatic carbocycles. The number of carbonyl (C=O) groups excluding carboxylic acids is 1. The molecule has 1 aliphatic heterocycles. The third-order valence-electron chi connectivity index (χ3n) is 3.67. The Morgan fingerprint density at radius 2 is 1.94 bits per heavy atom. The van der Waals surface area contributed by atoms with Gasteiger partial charge in [-0.2, -0.15) is 0 Å². The standard InChI is InChI=1S/C13H27N3O/c1-4-16(5-2)13(17)11-15(3)12-7-6-9-14-10-8-12/h12,14H,4-11H2,1-3H3. The molecule has 1 amide bonds. The molecule has 0 aromatic heterocycles. The first-order valence-corrected chi connectivity index (χ1v) is 6.87. The van der Waals surface area contributed by atoms with Crippen LogP contribution in [-0.2, 0) is 4.79 Å². The molecule has 0 aromatic carbocycles. The summed E-state index contributed by atoms with van der Waals surface area (Å²) in [4.78, 5) is 16.2. The summed E-state index contributed by atoms with van der Waals surface area (Å²) in [6, 6.07) is 0.560. The highest BCUT2D eigenvalue weighted by Crippen LogP contribution is 2.11. The molecule has 1 atom stereocenters. The summed E-state index contributed by atoms with van der Waals surface area (Å²) < 4.78 is 0. The van der Waals surface area contributed by atoms with Crippen LogP contribution >= 0.6 is 0 Å². The highest BCUT2D eigenvalue weighted by molar-refractivity contribution is 5.78. The summed E-state index contributed by atoms with van der Waals surface area (Å²) in [6.45, 7) is 8.47. The second-order valence-electron chi connectivity index (χ2n) is 4.82. The molecule has 0 saturated carbocycles. The maximum Gasteiger partial charge on any atom is 0.236 e. The van der Waals surface area contributed by atoms with Crippen LogP contribution in [0.3, 0.4) is 0 Å². The molecular formula is C13H27N3O. The van der Waals surface area contributed by atoms with Crippen molar-refractivity contribution in [1.29, 1.82) is 0 Å². The lowest BCUT2D eigenvalue weighted by molar-refractivity contribution is -0.132. The molecule has 1 aliphatic rings. The molecule has 0 spiro atoms. The molecule has 1 rings (SSSR count). The van der Waals surface area contributed by atoms with Gasteiger partial charge in [-0.15, -0.1) is 0 Å². The summed E-state index contributed by atoms with van der Waals surface area (Å²) in [6.07, 6.45) is 3.57. The lowest BCUT2D eigenvalue weighted by Gasteiger charge is -2.28. The number of hydrogen-bond donors (Lipinski definition) is 1. The van der Waals surface area contributed by atoms with Crippen LogP contribution < -0.4 is 5.32 Å². The van der Waals surface area contributed by atoms with Crippen LogP contribution in [0.15, 0.2) is 0 Å². The minimum absolute atomic E-state index is 0.259. The summed E-state index contributed by atoms with van der Waals surface area (Å²) >= 11 is 0. The van der Waals surface area contributed by atoms with E-state index >= 15 is 0 Å². The maximum absolute atomic E-state index is 12.0. The van der Waals surface area contributed by atoms with Gasteiger partial charge < -0.3 is 10.2 Å². The third-order valence-corrected chi connectivity index (χ3v) is 3.67. The monoisotopic (exact) mass is 241 g/mol. The van der Waals surface area contributed by atoms with Gasteiger partial charge in [-0.05, 0) is 53.2 Å². The molecule has 17 heavy (non-hydrogen) atoms. The molecule has 4 heteroatoms. The highest BCUT2D eigenvalue weighted by Gasteiger charge is 2.20. The molecule has 100 valence electrons. The number of rotatable bonds is 5. The number of carbonyl (C=O) groups is 1. The zero-order chi connectivity index (χ0) is 12.7. The second-order valence-corrected chi connectivity index (χ2v) is 4.82. The SMILES string of the molecule is CCN(CC)C(=O)CN(C)C1CCCNCC1. The number of hydrogen-bond acceptors (Lipinski definition) is 3. The molecule has 4 nitrogen and oxygen atoms in total. The van der Waals surface area contributed by atoms with Crippen molar-refractivity contribution in [2.75, 3.05) is 39.8 Å². The molecule has 1 saturated heterocycles. The maximum atomic E-state index is 12.0. The van der Waals surface area contributed by atoms with Crippen molar-refractivity contribution in [3.63, 3.8) is 0 Å². The molecule has 0 radical (unpaired) electrons. The fourth-order valence-electron chi connectivity index (χ4n) is 2.46. The zero-order valence-corrected chi connectivity index (χ0v) is 11.5. The van der Waals surface area contributed by atoms with E-state index in [0.29, 0.717) is 12.6 Å². The van der Waals surface area contributed by atoms with Crippen LogP contribution in [0, 0.1) is 0 Å². The fraction of sp³-hybridized carbons (Fsp3) is 0.923. The van der Waals surface area contributed by atoms with Crippen LogP contribution in [0.4, 0.5) is 0 Å². The van der Waals surface area contributed by atoms with Crippen LogP contribution in [0.25, 0.3) is 0 Å². The van der Waals surface area contributed by atoms with Crippen LogP contribution in [-0.4, -0.2) is 61.5 Å². The minimum atomic E-state index is 0.259. The van der Waals surface area contributed by atoms with Crippen molar-refractivity contribution in [1.82, 2.24) is 15.1 Å².